The summed E-state index contributed by atoms with van der Waals surface area (Å²) in [5, 5.41) is 21.5. The third-order valence-electron chi connectivity index (χ3n) is 1.94. The molecule has 5 nitrogen and oxygen atoms in total. The van der Waals surface area contributed by atoms with Crippen molar-refractivity contribution in [3.05, 3.63) is 9.81 Å². The molecule has 92 valence electrons. The number of hydrogen-bond donors (Lipinski definition) is 1. The standard InChI is InChI=1S/C10H12N2O3S2/c1-4-15-7(13)6(5-11)8-16-9(12-14)10(2,3)17-8/h14H,4H2,1-3H3. The highest BCUT2D eigenvalue weighted by Crippen LogP contribution is 2.51. The summed E-state index contributed by atoms with van der Waals surface area (Å²) < 4.78 is 4.87. The molecular weight excluding hydrogens is 260 g/mol. The van der Waals surface area contributed by atoms with E-state index in [4.69, 9.17) is 15.2 Å². The Morgan fingerprint density at radius 1 is 1.65 bits per heavy atom. The largest absolute Gasteiger partial charge is 0.462 e. The Labute approximate surface area is 108 Å². The van der Waals surface area contributed by atoms with Crippen LogP contribution in [0.4, 0.5) is 0 Å². The van der Waals surface area contributed by atoms with E-state index in [0.717, 1.165) is 11.8 Å². The second-order valence-electron chi connectivity index (χ2n) is 3.61. The fourth-order valence-electron chi connectivity index (χ4n) is 1.13. The molecule has 1 fully saturated rings. The molecule has 0 aromatic heterocycles. The van der Waals surface area contributed by atoms with Crippen molar-refractivity contribution in [3.63, 3.8) is 0 Å². The molecule has 1 N–H and O–H groups in total. The Morgan fingerprint density at radius 2 is 2.29 bits per heavy atom. The van der Waals surface area contributed by atoms with E-state index in [1.807, 2.05) is 19.9 Å². The molecule has 0 spiro atoms. The SMILES string of the molecule is CCOC(=O)C(C#N)=C1SC(=NO)C(C)(C)S1. The van der Waals surface area contributed by atoms with E-state index >= 15 is 0 Å². The van der Waals surface area contributed by atoms with Crippen LogP contribution in [0.2, 0.25) is 0 Å². The maximum absolute atomic E-state index is 11.5. The van der Waals surface area contributed by atoms with Crippen LogP contribution in [-0.2, 0) is 9.53 Å². The molecule has 0 atom stereocenters. The van der Waals surface area contributed by atoms with E-state index in [1.54, 1.807) is 6.92 Å². The minimum absolute atomic E-state index is 0.0337. The Kier molecular flexibility index (Phi) is 4.48. The summed E-state index contributed by atoms with van der Waals surface area (Å²) in [6.45, 7) is 5.60. The van der Waals surface area contributed by atoms with E-state index in [-0.39, 0.29) is 12.2 Å². The topological polar surface area (TPSA) is 82.7 Å². The quantitative estimate of drug-likeness (QED) is 0.273. The van der Waals surface area contributed by atoms with Crippen LogP contribution in [0.5, 0.6) is 0 Å². The number of oxime groups is 1. The number of thioether (sulfide) groups is 2. The van der Waals surface area contributed by atoms with Crippen LogP contribution in [0.15, 0.2) is 15.0 Å². The predicted molar refractivity (Wildman–Crippen MR) is 67.8 cm³/mol. The summed E-state index contributed by atoms with van der Waals surface area (Å²) in [6, 6.07) is 1.84. The average Bonchev–Trinajstić information content (AvgIpc) is 2.55. The lowest BCUT2D eigenvalue weighted by atomic mass is 10.2. The van der Waals surface area contributed by atoms with Crippen molar-refractivity contribution in [2.75, 3.05) is 6.61 Å². The highest BCUT2D eigenvalue weighted by Gasteiger charge is 2.39. The number of carbonyl (C=O) groups excluding carboxylic acids is 1. The van der Waals surface area contributed by atoms with Gasteiger partial charge in [0.2, 0.25) is 0 Å². The Hall–Kier alpha value is -1.13. The van der Waals surface area contributed by atoms with Gasteiger partial charge in [0.05, 0.1) is 15.6 Å². The van der Waals surface area contributed by atoms with Crippen molar-refractivity contribution in [3.8, 4) is 6.07 Å². The van der Waals surface area contributed by atoms with Crippen LogP contribution < -0.4 is 0 Å². The summed E-state index contributed by atoms with van der Waals surface area (Å²) in [5.74, 6) is -0.639. The third-order valence-corrected chi connectivity index (χ3v) is 4.84. The highest BCUT2D eigenvalue weighted by molar-refractivity contribution is 8.35. The Balaban J connectivity index is 3.08. The molecule has 1 heterocycles. The molecule has 7 heteroatoms. The molecule has 0 aromatic rings. The predicted octanol–water partition coefficient (Wildman–Crippen LogP) is 2.33. The number of esters is 1. The first-order chi connectivity index (χ1) is 7.96. The van der Waals surface area contributed by atoms with Gasteiger partial charge in [-0.15, -0.1) is 11.8 Å². The molecule has 1 saturated heterocycles. The molecule has 0 amide bonds. The first kappa shape index (κ1) is 13.9. The van der Waals surface area contributed by atoms with Gasteiger partial charge in [-0.25, -0.2) is 4.79 Å². The maximum Gasteiger partial charge on any atom is 0.350 e. The minimum atomic E-state index is -0.639. The fourth-order valence-corrected chi connectivity index (χ4v) is 3.92. The van der Waals surface area contributed by atoms with Crippen molar-refractivity contribution < 1.29 is 14.7 Å². The zero-order chi connectivity index (χ0) is 13.1. The first-order valence-electron chi connectivity index (χ1n) is 4.87. The summed E-state index contributed by atoms with van der Waals surface area (Å²) in [6.07, 6.45) is 0. The van der Waals surface area contributed by atoms with Crippen LogP contribution >= 0.6 is 23.5 Å². The van der Waals surface area contributed by atoms with E-state index in [1.165, 1.54) is 11.8 Å². The Bertz CT molecular complexity index is 435. The van der Waals surface area contributed by atoms with Gasteiger partial charge in [0, 0.05) is 0 Å². The van der Waals surface area contributed by atoms with Gasteiger partial charge >= 0.3 is 5.97 Å². The number of rotatable bonds is 2. The minimum Gasteiger partial charge on any atom is -0.462 e. The molecule has 1 aliphatic heterocycles. The van der Waals surface area contributed by atoms with Crippen LogP contribution in [-0.4, -0.2) is 27.6 Å². The summed E-state index contributed by atoms with van der Waals surface area (Å²) >= 11 is 2.44. The number of ether oxygens (including phenoxy) is 1. The van der Waals surface area contributed by atoms with E-state index in [2.05, 4.69) is 5.16 Å². The second kappa shape index (κ2) is 5.47. The van der Waals surface area contributed by atoms with Crippen LogP contribution in [0.3, 0.4) is 0 Å². The van der Waals surface area contributed by atoms with Crippen molar-refractivity contribution in [2.45, 2.75) is 25.5 Å². The summed E-state index contributed by atoms with van der Waals surface area (Å²) in [5.41, 5.74) is -0.0337. The van der Waals surface area contributed by atoms with Gasteiger partial charge in [-0.1, -0.05) is 16.9 Å². The highest BCUT2D eigenvalue weighted by atomic mass is 32.2. The third kappa shape index (κ3) is 2.96. The van der Waals surface area contributed by atoms with Crippen LogP contribution in [0.1, 0.15) is 20.8 Å². The van der Waals surface area contributed by atoms with E-state index in [9.17, 15) is 4.79 Å². The zero-order valence-corrected chi connectivity index (χ0v) is 11.3. The molecular formula is C10H12N2O3S2. The lowest BCUT2D eigenvalue weighted by Crippen LogP contribution is -2.19. The van der Waals surface area contributed by atoms with Gasteiger partial charge < -0.3 is 9.94 Å². The van der Waals surface area contributed by atoms with Gasteiger partial charge in [-0.05, 0) is 20.8 Å². The number of nitriles is 1. The van der Waals surface area contributed by atoms with Crippen molar-refractivity contribution in [2.24, 2.45) is 5.16 Å². The number of carbonyl (C=O) groups is 1. The van der Waals surface area contributed by atoms with Gasteiger partial charge in [0.25, 0.3) is 0 Å². The molecule has 0 bridgehead atoms. The van der Waals surface area contributed by atoms with Crippen molar-refractivity contribution >= 4 is 34.5 Å². The number of nitrogens with zero attached hydrogens (tertiary/aromatic N) is 2. The van der Waals surface area contributed by atoms with Crippen molar-refractivity contribution in [1.82, 2.24) is 0 Å². The lowest BCUT2D eigenvalue weighted by molar-refractivity contribution is -0.138. The molecule has 0 saturated carbocycles. The maximum atomic E-state index is 11.5. The monoisotopic (exact) mass is 272 g/mol. The van der Waals surface area contributed by atoms with Gasteiger partial charge in [0.15, 0.2) is 5.57 Å². The molecule has 1 rings (SSSR count). The molecule has 0 radical (unpaired) electrons. The molecule has 0 aliphatic carbocycles. The normalized spacial score (nSPS) is 23.3. The lowest BCUT2D eigenvalue weighted by Gasteiger charge is -2.13. The van der Waals surface area contributed by atoms with Crippen LogP contribution in [0, 0.1) is 11.3 Å². The molecule has 1 aliphatic rings. The smallest absolute Gasteiger partial charge is 0.350 e. The van der Waals surface area contributed by atoms with E-state index < -0.39 is 10.7 Å². The zero-order valence-electron chi connectivity index (χ0n) is 9.68. The van der Waals surface area contributed by atoms with Gasteiger partial charge in [0.1, 0.15) is 11.1 Å². The Morgan fingerprint density at radius 3 is 2.71 bits per heavy atom. The first-order valence-corrected chi connectivity index (χ1v) is 6.50. The second-order valence-corrected chi connectivity index (χ2v) is 6.50. The average molecular weight is 272 g/mol. The summed E-state index contributed by atoms with van der Waals surface area (Å²) in [4.78, 5) is 11.5. The van der Waals surface area contributed by atoms with Gasteiger partial charge in [-0.3, -0.25) is 0 Å². The van der Waals surface area contributed by atoms with Crippen LogP contribution in [0.25, 0.3) is 0 Å². The van der Waals surface area contributed by atoms with E-state index in [0.29, 0.717) is 9.28 Å². The molecule has 0 aromatic carbocycles. The van der Waals surface area contributed by atoms with Gasteiger partial charge in [-0.2, -0.15) is 5.26 Å². The molecule has 17 heavy (non-hydrogen) atoms. The summed E-state index contributed by atoms with van der Waals surface area (Å²) in [7, 11) is 0. The fraction of sp³-hybridized carbons (Fsp3) is 0.500. The number of hydrogen-bond acceptors (Lipinski definition) is 7. The molecule has 0 unspecified atom stereocenters. The van der Waals surface area contributed by atoms with Crippen molar-refractivity contribution in [1.29, 1.82) is 5.26 Å².